The average Bonchev–Trinajstić information content (AvgIpc) is 1.85. The van der Waals surface area contributed by atoms with Gasteiger partial charge in [-0.15, -0.1) is 0 Å². The Bertz CT molecular complexity index is 235. The highest BCUT2D eigenvalue weighted by molar-refractivity contribution is 9.10. The first-order valence-electron chi connectivity index (χ1n) is 3.73. The molecule has 0 fully saturated rings. The topological polar surface area (TPSA) is 12.9 Å². The van der Waals surface area contributed by atoms with E-state index in [2.05, 4.69) is 40.8 Å². The lowest BCUT2D eigenvalue weighted by Crippen LogP contribution is -1.93. The molecular formula is C9H12BrN. The van der Waals surface area contributed by atoms with Crippen LogP contribution in [0.2, 0.25) is 0 Å². The molecule has 0 unspecified atom stereocenters. The zero-order valence-corrected chi connectivity index (χ0v) is 8.64. The third-order valence-electron chi connectivity index (χ3n) is 1.53. The molecule has 0 aliphatic heterocycles. The van der Waals surface area contributed by atoms with Crippen molar-refractivity contribution in [2.45, 2.75) is 26.7 Å². The number of pyridine rings is 1. The Hall–Kier alpha value is -0.370. The van der Waals surface area contributed by atoms with E-state index in [0.717, 1.165) is 15.9 Å². The van der Waals surface area contributed by atoms with Crippen LogP contribution in [0, 0.1) is 6.92 Å². The Labute approximate surface area is 76.0 Å². The summed E-state index contributed by atoms with van der Waals surface area (Å²) in [5.74, 6) is 0.506. The molecule has 1 heterocycles. The highest BCUT2D eigenvalue weighted by Crippen LogP contribution is 2.17. The van der Waals surface area contributed by atoms with Gasteiger partial charge in [0.25, 0.3) is 0 Å². The van der Waals surface area contributed by atoms with Gasteiger partial charge in [-0.25, -0.2) is 0 Å². The molecule has 0 aromatic carbocycles. The molecule has 60 valence electrons. The molecule has 11 heavy (non-hydrogen) atoms. The third kappa shape index (κ3) is 2.29. The molecule has 0 aliphatic rings. The Kier molecular flexibility index (Phi) is 2.66. The summed E-state index contributed by atoms with van der Waals surface area (Å²) in [5.41, 5.74) is 2.22. The van der Waals surface area contributed by atoms with Crippen LogP contribution < -0.4 is 0 Å². The zero-order valence-electron chi connectivity index (χ0n) is 7.06. The highest BCUT2D eigenvalue weighted by Gasteiger charge is 2.01. The molecule has 0 aliphatic carbocycles. The van der Waals surface area contributed by atoms with Crippen molar-refractivity contribution in [3.8, 4) is 0 Å². The minimum absolute atomic E-state index is 0.506. The van der Waals surface area contributed by atoms with Gasteiger partial charge in [-0.1, -0.05) is 29.8 Å². The Morgan fingerprint density at radius 3 is 2.45 bits per heavy atom. The van der Waals surface area contributed by atoms with Gasteiger partial charge in [-0.3, -0.25) is 4.98 Å². The predicted octanol–water partition coefficient (Wildman–Crippen LogP) is 3.28. The van der Waals surface area contributed by atoms with E-state index in [4.69, 9.17) is 0 Å². The normalized spacial score (nSPS) is 10.6. The quantitative estimate of drug-likeness (QED) is 0.699. The number of aryl methyl sites for hydroxylation is 1. The van der Waals surface area contributed by atoms with Gasteiger partial charge >= 0.3 is 0 Å². The molecule has 0 saturated heterocycles. The maximum absolute atomic E-state index is 4.40. The van der Waals surface area contributed by atoms with E-state index in [9.17, 15) is 0 Å². The lowest BCUT2D eigenvalue weighted by molar-refractivity contribution is 0.814. The maximum atomic E-state index is 4.40. The van der Waals surface area contributed by atoms with Gasteiger partial charge in [-0.2, -0.15) is 0 Å². The molecule has 0 amide bonds. The van der Waals surface area contributed by atoms with Crippen LogP contribution in [0.3, 0.4) is 0 Å². The van der Waals surface area contributed by atoms with Gasteiger partial charge in [0.15, 0.2) is 0 Å². The molecule has 1 rings (SSSR count). The van der Waals surface area contributed by atoms with E-state index in [1.165, 1.54) is 0 Å². The summed E-state index contributed by atoms with van der Waals surface area (Å²) in [5, 5.41) is 0. The molecule has 0 spiro atoms. The van der Waals surface area contributed by atoms with E-state index < -0.39 is 0 Å². The fourth-order valence-electron chi connectivity index (χ4n) is 0.946. The molecule has 1 aromatic rings. The summed E-state index contributed by atoms with van der Waals surface area (Å²) in [7, 11) is 0. The molecule has 0 saturated carbocycles. The van der Waals surface area contributed by atoms with Crippen molar-refractivity contribution in [2.24, 2.45) is 0 Å². The standard InChI is InChI=1S/C9H12BrN/c1-6(2)9-5-8(10)4-7(3)11-9/h4-6H,1-3H3. The van der Waals surface area contributed by atoms with Crippen LogP contribution in [0.4, 0.5) is 0 Å². The van der Waals surface area contributed by atoms with Crippen molar-refractivity contribution in [3.05, 3.63) is 28.0 Å². The SMILES string of the molecule is Cc1cc(Br)cc(C(C)C)n1. The first-order chi connectivity index (χ1) is 5.09. The van der Waals surface area contributed by atoms with Crippen LogP contribution in [0.25, 0.3) is 0 Å². The monoisotopic (exact) mass is 213 g/mol. The Balaban J connectivity index is 3.08. The largest absolute Gasteiger partial charge is 0.258 e. The average molecular weight is 214 g/mol. The summed E-state index contributed by atoms with van der Waals surface area (Å²) in [6, 6.07) is 4.09. The second kappa shape index (κ2) is 3.35. The van der Waals surface area contributed by atoms with Gasteiger partial charge < -0.3 is 0 Å². The van der Waals surface area contributed by atoms with E-state index in [0.29, 0.717) is 5.92 Å². The smallest absolute Gasteiger partial charge is 0.0443 e. The lowest BCUT2D eigenvalue weighted by atomic mass is 10.1. The fraction of sp³-hybridized carbons (Fsp3) is 0.444. The van der Waals surface area contributed by atoms with Crippen molar-refractivity contribution in [3.63, 3.8) is 0 Å². The molecule has 1 nitrogen and oxygen atoms in total. The summed E-state index contributed by atoms with van der Waals surface area (Å²) < 4.78 is 1.12. The second-order valence-corrected chi connectivity index (χ2v) is 3.92. The van der Waals surface area contributed by atoms with Crippen LogP contribution in [-0.2, 0) is 0 Å². The zero-order chi connectivity index (χ0) is 8.43. The maximum Gasteiger partial charge on any atom is 0.0443 e. The number of hydrogen-bond acceptors (Lipinski definition) is 1. The summed E-state index contributed by atoms with van der Waals surface area (Å²) in [6.07, 6.45) is 0. The van der Waals surface area contributed by atoms with Gasteiger partial charge in [0.1, 0.15) is 0 Å². The van der Waals surface area contributed by atoms with Crippen LogP contribution in [-0.4, -0.2) is 4.98 Å². The number of rotatable bonds is 1. The number of hydrogen-bond donors (Lipinski definition) is 0. The number of aromatic nitrogens is 1. The first-order valence-corrected chi connectivity index (χ1v) is 4.53. The first kappa shape index (κ1) is 8.72. The number of halogens is 1. The van der Waals surface area contributed by atoms with Crippen LogP contribution in [0.1, 0.15) is 31.2 Å². The minimum Gasteiger partial charge on any atom is -0.258 e. The molecular weight excluding hydrogens is 202 g/mol. The van der Waals surface area contributed by atoms with Crippen LogP contribution in [0.15, 0.2) is 16.6 Å². The van der Waals surface area contributed by atoms with Crippen molar-refractivity contribution in [1.29, 1.82) is 0 Å². The molecule has 0 bridgehead atoms. The second-order valence-electron chi connectivity index (χ2n) is 3.01. The Morgan fingerprint density at radius 1 is 1.36 bits per heavy atom. The minimum atomic E-state index is 0.506. The molecule has 0 atom stereocenters. The summed E-state index contributed by atoms with van der Waals surface area (Å²) in [4.78, 5) is 4.40. The predicted molar refractivity (Wildman–Crippen MR) is 50.8 cm³/mol. The van der Waals surface area contributed by atoms with E-state index in [-0.39, 0.29) is 0 Å². The fourth-order valence-corrected chi connectivity index (χ4v) is 1.51. The van der Waals surface area contributed by atoms with Crippen LogP contribution in [0.5, 0.6) is 0 Å². The van der Waals surface area contributed by atoms with E-state index >= 15 is 0 Å². The van der Waals surface area contributed by atoms with E-state index in [1.807, 2.05) is 13.0 Å². The van der Waals surface area contributed by atoms with Crippen LogP contribution >= 0.6 is 15.9 Å². The van der Waals surface area contributed by atoms with Gasteiger partial charge in [0.05, 0.1) is 0 Å². The molecule has 2 heteroatoms. The molecule has 0 radical (unpaired) electrons. The highest BCUT2D eigenvalue weighted by atomic mass is 79.9. The van der Waals surface area contributed by atoms with Crippen molar-refractivity contribution in [2.75, 3.05) is 0 Å². The van der Waals surface area contributed by atoms with E-state index in [1.54, 1.807) is 0 Å². The van der Waals surface area contributed by atoms with Crippen molar-refractivity contribution in [1.82, 2.24) is 4.98 Å². The third-order valence-corrected chi connectivity index (χ3v) is 1.99. The lowest BCUT2D eigenvalue weighted by Gasteiger charge is -2.05. The molecule has 1 aromatic heterocycles. The number of nitrogens with zero attached hydrogens (tertiary/aromatic N) is 1. The summed E-state index contributed by atoms with van der Waals surface area (Å²) in [6.45, 7) is 6.30. The summed E-state index contributed by atoms with van der Waals surface area (Å²) >= 11 is 3.44. The van der Waals surface area contributed by atoms with Gasteiger partial charge in [0.2, 0.25) is 0 Å². The van der Waals surface area contributed by atoms with Crippen molar-refractivity contribution < 1.29 is 0 Å². The van der Waals surface area contributed by atoms with Gasteiger partial charge in [0, 0.05) is 15.9 Å². The Morgan fingerprint density at radius 2 is 2.00 bits per heavy atom. The van der Waals surface area contributed by atoms with Gasteiger partial charge in [-0.05, 0) is 25.0 Å². The van der Waals surface area contributed by atoms with Crippen molar-refractivity contribution >= 4 is 15.9 Å². The molecule has 0 N–H and O–H groups in total.